The zero-order valence-electron chi connectivity index (χ0n) is 14.0. The van der Waals surface area contributed by atoms with Crippen LogP contribution in [0.4, 0.5) is 8.78 Å². The van der Waals surface area contributed by atoms with Crippen LogP contribution >= 0.6 is 0 Å². The molecule has 0 spiro atoms. The first-order valence-electron chi connectivity index (χ1n) is 7.60. The molecule has 0 aliphatic rings. The molecule has 0 amide bonds. The predicted octanol–water partition coefficient (Wildman–Crippen LogP) is 3.79. The number of nitrogens with zero attached hydrogens (tertiary/aromatic N) is 2. The molecule has 0 radical (unpaired) electrons. The number of aromatic amines is 1. The summed E-state index contributed by atoms with van der Waals surface area (Å²) in [7, 11) is -1.42. The molecule has 0 aliphatic carbocycles. The average molecular weight is 365 g/mol. The third-order valence-corrected chi connectivity index (χ3v) is 4.98. The molecule has 5 nitrogen and oxygen atoms in total. The van der Waals surface area contributed by atoms with E-state index in [1.165, 1.54) is 0 Å². The van der Waals surface area contributed by atoms with Crippen LogP contribution in [0.25, 0.3) is 11.0 Å². The Labute approximate surface area is 145 Å². The summed E-state index contributed by atoms with van der Waals surface area (Å²) < 4.78 is 42.3. The monoisotopic (exact) mass is 365 g/mol. The van der Waals surface area contributed by atoms with Crippen molar-refractivity contribution in [2.75, 3.05) is 0 Å². The lowest BCUT2D eigenvalue weighted by Crippen LogP contribution is -2.05. The number of fused-ring (bicyclic) bond motifs is 1. The molecule has 0 fully saturated rings. The van der Waals surface area contributed by atoms with Crippen molar-refractivity contribution < 1.29 is 17.7 Å². The molecule has 132 valence electrons. The van der Waals surface area contributed by atoms with Gasteiger partial charge in [0.2, 0.25) is 0 Å². The Morgan fingerprint density at radius 1 is 1.28 bits per heavy atom. The van der Waals surface area contributed by atoms with E-state index in [9.17, 15) is 13.0 Å². The van der Waals surface area contributed by atoms with Gasteiger partial charge in [0, 0.05) is 11.8 Å². The van der Waals surface area contributed by atoms with Gasteiger partial charge < -0.3 is 9.72 Å². The minimum absolute atomic E-state index is 0.103. The molecule has 0 aliphatic heterocycles. The smallest absolute Gasteiger partial charge is 0.387 e. The maximum Gasteiger partial charge on any atom is 0.387 e. The van der Waals surface area contributed by atoms with Crippen LogP contribution in [0.5, 0.6) is 5.75 Å². The third kappa shape index (κ3) is 3.68. The zero-order chi connectivity index (χ0) is 18.1. The van der Waals surface area contributed by atoms with Gasteiger partial charge in [0.15, 0.2) is 5.16 Å². The van der Waals surface area contributed by atoms with E-state index in [4.69, 9.17) is 0 Å². The number of benzene rings is 1. The number of alkyl halides is 2. The number of ether oxygens (including phenoxy) is 1. The van der Waals surface area contributed by atoms with Crippen LogP contribution in [0.2, 0.25) is 0 Å². The molecule has 2 aromatic heterocycles. The summed E-state index contributed by atoms with van der Waals surface area (Å²) in [5.41, 5.74) is 3.88. The SMILES string of the molecule is Cc1ccc(CS(=O)c2nc3c(C)c(OC(F)F)c(C)cc3[nH]2)nc1. The number of halogens is 2. The lowest BCUT2D eigenvalue weighted by atomic mass is 10.1. The van der Waals surface area contributed by atoms with Crippen molar-refractivity contribution in [3.63, 3.8) is 0 Å². The van der Waals surface area contributed by atoms with E-state index in [0.717, 1.165) is 5.56 Å². The summed E-state index contributed by atoms with van der Waals surface area (Å²) in [5, 5.41) is 0.286. The maximum absolute atomic E-state index is 12.6. The van der Waals surface area contributed by atoms with Gasteiger partial charge >= 0.3 is 6.61 Å². The summed E-state index contributed by atoms with van der Waals surface area (Å²) in [5.74, 6) is 0.324. The molecule has 1 N–H and O–H groups in total. The largest absolute Gasteiger partial charge is 0.434 e. The molecule has 1 atom stereocenters. The van der Waals surface area contributed by atoms with E-state index in [2.05, 4.69) is 19.7 Å². The van der Waals surface area contributed by atoms with Gasteiger partial charge in [-0.05, 0) is 44.0 Å². The third-order valence-electron chi connectivity index (χ3n) is 3.80. The fourth-order valence-electron chi connectivity index (χ4n) is 2.60. The first kappa shape index (κ1) is 17.5. The van der Waals surface area contributed by atoms with Gasteiger partial charge in [-0.15, -0.1) is 0 Å². The van der Waals surface area contributed by atoms with Gasteiger partial charge in [-0.25, -0.2) is 4.98 Å². The quantitative estimate of drug-likeness (QED) is 0.747. The number of rotatable bonds is 5. The van der Waals surface area contributed by atoms with Crippen molar-refractivity contribution in [1.29, 1.82) is 0 Å². The molecule has 1 unspecified atom stereocenters. The number of hydrogen-bond acceptors (Lipinski definition) is 4. The van der Waals surface area contributed by atoms with Gasteiger partial charge in [-0.1, -0.05) is 6.07 Å². The van der Waals surface area contributed by atoms with Crippen molar-refractivity contribution in [3.05, 3.63) is 46.8 Å². The topological polar surface area (TPSA) is 67.9 Å². The van der Waals surface area contributed by atoms with Gasteiger partial charge in [0.25, 0.3) is 0 Å². The number of imidazole rings is 1. The molecule has 8 heteroatoms. The summed E-state index contributed by atoms with van der Waals surface area (Å²) in [4.78, 5) is 11.6. The Hall–Kier alpha value is -2.35. The van der Waals surface area contributed by atoms with Crippen molar-refractivity contribution in [3.8, 4) is 5.75 Å². The summed E-state index contributed by atoms with van der Waals surface area (Å²) in [6, 6.07) is 5.39. The Bertz CT molecular complexity index is 939. The number of aryl methyl sites for hydroxylation is 3. The van der Waals surface area contributed by atoms with Crippen molar-refractivity contribution in [2.45, 2.75) is 38.3 Å². The van der Waals surface area contributed by atoms with E-state index in [0.29, 0.717) is 27.9 Å². The summed E-state index contributed by atoms with van der Waals surface area (Å²) >= 11 is 0. The van der Waals surface area contributed by atoms with E-state index >= 15 is 0 Å². The second-order valence-corrected chi connectivity index (χ2v) is 7.15. The normalized spacial score (nSPS) is 12.7. The van der Waals surface area contributed by atoms with Crippen LogP contribution in [0.1, 0.15) is 22.4 Å². The number of aromatic nitrogens is 3. The first-order valence-corrected chi connectivity index (χ1v) is 8.91. The molecular weight excluding hydrogens is 348 g/mol. The Morgan fingerprint density at radius 3 is 2.68 bits per heavy atom. The van der Waals surface area contributed by atoms with Crippen molar-refractivity contribution >= 4 is 21.8 Å². The van der Waals surface area contributed by atoms with Crippen LogP contribution in [-0.2, 0) is 16.6 Å². The van der Waals surface area contributed by atoms with Gasteiger partial charge in [-0.3, -0.25) is 9.19 Å². The zero-order valence-corrected chi connectivity index (χ0v) is 14.8. The molecule has 2 heterocycles. The van der Waals surface area contributed by atoms with Crippen LogP contribution in [0.15, 0.2) is 29.6 Å². The molecule has 0 saturated heterocycles. The van der Waals surface area contributed by atoms with E-state index in [1.807, 2.05) is 19.1 Å². The van der Waals surface area contributed by atoms with Gasteiger partial charge in [-0.2, -0.15) is 8.78 Å². The molecule has 1 aromatic carbocycles. The van der Waals surface area contributed by atoms with Gasteiger partial charge in [0.05, 0.1) is 33.3 Å². The Balaban J connectivity index is 1.93. The van der Waals surface area contributed by atoms with Crippen LogP contribution < -0.4 is 4.74 Å². The molecular formula is C17H17F2N3O2S. The highest BCUT2D eigenvalue weighted by atomic mass is 32.2. The number of hydrogen-bond donors (Lipinski definition) is 1. The van der Waals surface area contributed by atoms with E-state index < -0.39 is 17.4 Å². The highest BCUT2D eigenvalue weighted by Crippen LogP contribution is 2.31. The average Bonchev–Trinajstić information content (AvgIpc) is 2.97. The van der Waals surface area contributed by atoms with E-state index in [-0.39, 0.29) is 16.7 Å². The fourth-order valence-corrected chi connectivity index (χ4v) is 3.60. The molecule has 25 heavy (non-hydrogen) atoms. The van der Waals surface area contributed by atoms with Crippen LogP contribution in [-0.4, -0.2) is 25.8 Å². The number of nitrogens with one attached hydrogen (secondary N) is 1. The Morgan fingerprint density at radius 2 is 2.04 bits per heavy atom. The predicted molar refractivity (Wildman–Crippen MR) is 91.3 cm³/mol. The van der Waals surface area contributed by atoms with Crippen molar-refractivity contribution in [1.82, 2.24) is 15.0 Å². The second-order valence-electron chi connectivity index (χ2n) is 5.78. The lowest BCUT2D eigenvalue weighted by molar-refractivity contribution is -0.0506. The van der Waals surface area contributed by atoms with Crippen LogP contribution in [0.3, 0.4) is 0 Å². The fraction of sp³-hybridized carbons (Fsp3) is 0.294. The maximum atomic E-state index is 12.6. The van der Waals surface area contributed by atoms with Gasteiger partial charge in [0.1, 0.15) is 5.75 Å². The lowest BCUT2D eigenvalue weighted by Gasteiger charge is -2.11. The van der Waals surface area contributed by atoms with Crippen molar-refractivity contribution in [2.24, 2.45) is 0 Å². The summed E-state index contributed by atoms with van der Waals surface area (Å²) in [6.07, 6.45) is 1.71. The minimum atomic E-state index is -2.91. The van der Waals surface area contributed by atoms with Crippen LogP contribution in [0, 0.1) is 20.8 Å². The number of H-pyrrole nitrogens is 1. The summed E-state index contributed by atoms with van der Waals surface area (Å²) in [6.45, 7) is 2.35. The molecule has 3 aromatic rings. The van der Waals surface area contributed by atoms with E-state index in [1.54, 1.807) is 26.1 Å². The molecule has 3 rings (SSSR count). The standard InChI is InChI=1S/C17H17F2N3O2S/c1-9-4-5-12(20-7-9)8-25(23)17-21-13-6-10(2)15(24-16(18)19)11(3)14(13)22-17/h4-7,16H,8H2,1-3H3,(H,21,22). The second kappa shape index (κ2) is 6.87. The highest BCUT2D eigenvalue weighted by Gasteiger charge is 2.18. The Kier molecular flexibility index (Phi) is 4.80. The minimum Gasteiger partial charge on any atom is -0.434 e. The highest BCUT2D eigenvalue weighted by molar-refractivity contribution is 7.84. The number of pyridine rings is 1. The molecule has 0 bridgehead atoms. The first-order chi connectivity index (χ1) is 11.8. The molecule has 0 saturated carbocycles.